The largest absolute Gasteiger partial charge is 0.637 e. The predicted octanol–water partition coefficient (Wildman–Crippen LogP) is 1.32. The van der Waals surface area contributed by atoms with E-state index in [-0.39, 0.29) is 11.8 Å². The molecule has 2 aliphatic rings. The van der Waals surface area contributed by atoms with Crippen molar-refractivity contribution in [3.05, 3.63) is 20.2 Å². The second-order valence-electron chi connectivity index (χ2n) is 4.79. The summed E-state index contributed by atoms with van der Waals surface area (Å²) >= 11 is 0. The third kappa shape index (κ3) is 1.92. The van der Waals surface area contributed by atoms with E-state index in [1.165, 1.54) is 0 Å². The van der Waals surface area contributed by atoms with Gasteiger partial charge >= 0.3 is 5.92 Å². The molecule has 2 rings (SSSR count). The van der Waals surface area contributed by atoms with Gasteiger partial charge in [-0.1, -0.05) is 4.39 Å². The molecule has 7 nitrogen and oxygen atoms in total. The first kappa shape index (κ1) is 13.1. The summed E-state index contributed by atoms with van der Waals surface area (Å²) < 4.78 is 31.9. The lowest BCUT2D eigenvalue weighted by Gasteiger charge is -2.25. The molecule has 0 aromatic rings. The molecule has 2 fully saturated rings. The van der Waals surface area contributed by atoms with Gasteiger partial charge in [0, 0.05) is 0 Å². The van der Waals surface area contributed by atoms with Gasteiger partial charge in [0.05, 0.1) is 6.10 Å². The number of halogens is 2. The van der Waals surface area contributed by atoms with Gasteiger partial charge in [0.1, 0.15) is 16.0 Å². The minimum atomic E-state index is -3.90. The topological polar surface area (TPSA) is 95.5 Å². The lowest BCUT2D eigenvalue weighted by atomic mass is 9.96. The predicted molar refractivity (Wildman–Crippen MR) is 53.3 cm³/mol. The van der Waals surface area contributed by atoms with Gasteiger partial charge < -0.3 is 4.74 Å². The summed E-state index contributed by atoms with van der Waals surface area (Å²) in [6.45, 7) is -1.36. The van der Waals surface area contributed by atoms with E-state index in [2.05, 4.69) is 0 Å². The van der Waals surface area contributed by atoms with Crippen LogP contribution in [0.5, 0.6) is 0 Å². The van der Waals surface area contributed by atoms with E-state index < -0.39 is 34.6 Å². The van der Waals surface area contributed by atoms with Crippen LogP contribution in [0.3, 0.4) is 0 Å². The van der Waals surface area contributed by atoms with Crippen LogP contribution >= 0.6 is 0 Å². The number of rotatable bonds is 5. The maximum atomic E-state index is 13.7. The third-order valence-corrected chi connectivity index (χ3v) is 3.76. The van der Waals surface area contributed by atoms with Crippen LogP contribution in [0, 0.1) is 32.1 Å². The summed E-state index contributed by atoms with van der Waals surface area (Å²) in [5.74, 6) is -4.19. The second-order valence-corrected chi connectivity index (χ2v) is 4.79. The van der Waals surface area contributed by atoms with E-state index in [0.29, 0.717) is 12.8 Å². The van der Waals surface area contributed by atoms with E-state index in [4.69, 9.17) is 4.74 Å². The smallest absolute Gasteiger partial charge is 0.357 e. The van der Waals surface area contributed by atoms with Gasteiger partial charge in [-0.2, -0.15) is 0 Å². The number of alkyl halides is 2. The molecule has 4 atom stereocenters. The summed E-state index contributed by atoms with van der Waals surface area (Å²) in [6, 6.07) is 0. The van der Waals surface area contributed by atoms with Crippen LogP contribution in [0.25, 0.3) is 0 Å². The number of hydrogen-bond acceptors (Lipinski definition) is 5. The Morgan fingerprint density at radius 3 is 2.22 bits per heavy atom. The van der Waals surface area contributed by atoms with Gasteiger partial charge in [-0.25, -0.2) is 4.39 Å². The van der Waals surface area contributed by atoms with E-state index in [0.717, 1.165) is 6.42 Å². The van der Waals surface area contributed by atoms with Crippen LogP contribution < -0.4 is 0 Å². The standard InChI is InChI=1S/C9H12F2N2O5/c10-7-5-1-2-6(3-5)8(7)18-4-9(11,12(14)15)13(16)17/h5-8H,1-4H2/t5-,6+,7+,8+/m0/s1. The number of ether oxygens (including phenoxy) is 1. The molecule has 0 aliphatic heterocycles. The third-order valence-electron chi connectivity index (χ3n) is 3.76. The van der Waals surface area contributed by atoms with Crippen LogP contribution in [-0.4, -0.2) is 34.6 Å². The molecular weight excluding hydrogens is 254 g/mol. The molecule has 0 aromatic heterocycles. The molecule has 0 radical (unpaired) electrons. The van der Waals surface area contributed by atoms with Gasteiger partial charge in [-0.3, -0.25) is 20.2 Å². The maximum Gasteiger partial charge on any atom is 0.637 e. The van der Waals surface area contributed by atoms with Gasteiger partial charge in [0.15, 0.2) is 0 Å². The molecule has 102 valence electrons. The molecule has 9 heteroatoms. The van der Waals surface area contributed by atoms with E-state index in [1.807, 2.05) is 0 Å². The fraction of sp³-hybridized carbons (Fsp3) is 1.00. The first-order chi connectivity index (χ1) is 8.36. The second kappa shape index (κ2) is 4.38. The zero-order valence-corrected chi connectivity index (χ0v) is 9.33. The van der Waals surface area contributed by atoms with E-state index in [1.54, 1.807) is 0 Å². The first-order valence-electron chi connectivity index (χ1n) is 5.60. The van der Waals surface area contributed by atoms with Gasteiger partial charge in [-0.15, -0.1) is 0 Å². The van der Waals surface area contributed by atoms with Gasteiger partial charge in [-0.05, 0) is 31.1 Å². The van der Waals surface area contributed by atoms with Crippen molar-refractivity contribution >= 4 is 0 Å². The molecule has 0 spiro atoms. The van der Waals surface area contributed by atoms with Crippen LogP contribution in [0.4, 0.5) is 8.78 Å². The van der Waals surface area contributed by atoms with Crippen LogP contribution in [0.2, 0.25) is 0 Å². The highest BCUT2D eigenvalue weighted by Crippen LogP contribution is 2.47. The highest BCUT2D eigenvalue weighted by molar-refractivity contribution is 4.98. The monoisotopic (exact) mass is 266 g/mol. The maximum absolute atomic E-state index is 13.7. The quantitative estimate of drug-likeness (QED) is 0.323. The number of nitro groups is 2. The van der Waals surface area contributed by atoms with Crippen molar-refractivity contribution in [3.8, 4) is 0 Å². The fourth-order valence-corrected chi connectivity index (χ4v) is 2.77. The average molecular weight is 266 g/mol. The molecular formula is C9H12F2N2O5. The molecule has 0 unspecified atom stereocenters. The van der Waals surface area contributed by atoms with Crippen molar-refractivity contribution in [2.75, 3.05) is 6.61 Å². The molecule has 0 saturated heterocycles. The van der Waals surface area contributed by atoms with Crippen molar-refractivity contribution in [2.24, 2.45) is 11.8 Å². The Balaban J connectivity index is 1.99. The molecule has 0 heterocycles. The minimum absolute atomic E-state index is 0.118. The molecule has 0 N–H and O–H groups in total. The highest BCUT2D eigenvalue weighted by Gasteiger charge is 2.60. The molecule has 2 bridgehead atoms. The zero-order chi connectivity index (χ0) is 13.5. The first-order valence-corrected chi connectivity index (χ1v) is 5.60. The Morgan fingerprint density at radius 1 is 1.22 bits per heavy atom. The Morgan fingerprint density at radius 2 is 1.78 bits per heavy atom. The molecule has 2 saturated carbocycles. The van der Waals surface area contributed by atoms with Crippen molar-refractivity contribution in [3.63, 3.8) is 0 Å². The lowest BCUT2D eigenvalue weighted by molar-refractivity contribution is -0.833. The van der Waals surface area contributed by atoms with Crippen molar-refractivity contribution < 1.29 is 23.4 Å². The Hall–Kier alpha value is -1.38. The summed E-state index contributed by atoms with van der Waals surface area (Å²) in [6.07, 6.45) is -0.240. The minimum Gasteiger partial charge on any atom is -0.357 e. The molecule has 18 heavy (non-hydrogen) atoms. The van der Waals surface area contributed by atoms with Crippen LogP contribution in [0.1, 0.15) is 19.3 Å². The zero-order valence-electron chi connectivity index (χ0n) is 9.33. The summed E-state index contributed by atoms with van der Waals surface area (Å²) in [7, 11) is 0. The molecule has 2 aliphatic carbocycles. The van der Waals surface area contributed by atoms with Gasteiger partial charge in [0.2, 0.25) is 6.61 Å². The van der Waals surface area contributed by atoms with Crippen molar-refractivity contribution in [1.29, 1.82) is 0 Å². The van der Waals surface area contributed by atoms with Crippen molar-refractivity contribution in [2.45, 2.75) is 37.5 Å². The SMILES string of the molecule is O=[N+]([O-])C(F)(CO[C@@H]1[C@@H]2CC[C@@H](C2)[C@H]1F)[N+](=O)[O-]. The Labute approximate surface area is 100 Å². The Kier molecular flexibility index (Phi) is 3.18. The summed E-state index contributed by atoms with van der Waals surface area (Å²) in [4.78, 5) is 17.3. The van der Waals surface area contributed by atoms with Crippen molar-refractivity contribution in [1.82, 2.24) is 0 Å². The number of fused-ring (bicyclic) bond motifs is 2. The lowest BCUT2D eigenvalue weighted by Crippen LogP contribution is -2.48. The fourth-order valence-electron chi connectivity index (χ4n) is 2.77. The van der Waals surface area contributed by atoms with Crippen LogP contribution in [-0.2, 0) is 4.74 Å². The number of nitrogens with zero attached hydrogens (tertiary/aromatic N) is 2. The molecule has 0 amide bonds. The summed E-state index contributed by atoms with van der Waals surface area (Å²) in [5.41, 5.74) is 0. The molecule has 0 aromatic carbocycles. The van der Waals surface area contributed by atoms with Gasteiger partial charge in [0.25, 0.3) is 0 Å². The number of hydrogen-bond donors (Lipinski definition) is 0. The van der Waals surface area contributed by atoms with E-state index in [9.17, 15) is 29.0 Å². The Bertz CT molecular complexity index is 364. The summed E-state index contributed by atoms with van der Waals surface area (Å²) in [5, 5.41) is 20.6. The van der Waals surface area contributed by atoms with E-state index >= 15 is 0 Å². The highest BCUT2D eigenvalue weighted by atomic mass is 19.2. The van der Waals surface area contributed by atoms with Crippen LogP contribution in [0.15, 0.2) is 0 Å². The normalized spacial score (nSPS) is 34.8. The average Bonchev–Trinajstić information content (AvgIpc) is 2.86.